The number of hydrogen-bond donors (Lipinski definition) is 3. The lowest BCUT2D eigenvalue weighted by Crippen LogP contribution is -2.45. The lowest BCUT2D eigenvalue weighted by atomic mass is 10.0. The molecule has 0 bridgehead atoms. The molecule has 1 amide bonds. The van der Waals surface area contributed by atoms with Crippen molar-refractivity contribution < 1.29 is 24.5 Å². The quantitative estimate of drug-likeness (QED) is 0.0320. The van der Waals surface area contributed by atoms with Gasteiger partial charge in [0.25, 0.3) is 0 Å². The molecule has 0 aliphatic rings. The molecule has 0 radical (unpaired) electrons. The molecule has 2 unspecified atom stereocenters. The van der Waals surface area contributed by atoms with Crippen LogP contribution in [0.3, 0.4) is 0 Å². The first-order valence-electron chi connectivity index (χ1n) is 36.1. The van der Waals surface area contributed by atoms with Crippen LogP contribution in [0.5, 0.6) is 0 Å². The highest BCUT2D eigenvalue weighted by molar-refractivity contribution is 5.76. The fourth-order valence-electron chi connectivity index (χ4n) is 11.5. The molecule has 0 aliphatic heterocycles. The Labute approximate surface area is 494 Å². The molecule has 6 heteroatoms. The van der Waals surface area contributed by atoms with E-state index < -0.39 is 12.1 Å². The zero-order chi connectivity index (χ0) is 57.1. The molecule has 0 aliphatic carbocycles. The monoisotopic (exact) mass is 1110 g/mol. The first-order valence-corrected chi connectivity index (χ1v) is 36.1. The SMILES string of the molecule is CCCCCCCCCCCCCCCCCCCCCCCC/C=C/C(O)C(CO)NC(=O)CCCCCCCCC/C=C\CCCCCCCCCCOC(=O)CCCCCCCCCCCCCCCCCCCCC. The minimum atomic E-state index is -0.852. The van der Waals surface area contributed by atoms with Crippen LogP contribution in [0.2, 0.25) is 0 Å². The minimum Gasteiger partial charge on any atom is -0.466 e. The van der Waals surface area contributed by atoms with Gasteiger partial charge in [0.2, 0.25) is 5.91 Å². The number of hydrogen-bond acceptors (Lipinski definition) is 5. The first kappa shape index (κ1) is 77.3. The van der Waals surface area contributed by atoms with Crippen LogP contribution in [0.25, 0.3) is 0 Å². The summed E-state index contributed by atoms with van der Waals surface area (Å²) in [5.41, 5.74) is 0. The van der Waals surface area contributed by atoms with Gasteiger partial charge in [0.05, 0.1) is 25.4 Å². The average Bonchev–Trinajstić information content (AvgIpc) is 3.45. The maximum atomic E-state index is 12.5. The van der Waals surface area contributed by atoms with Crippen molar-refractivity contribution in [3.63, 3.8) is 0 Å². The zero-order valence-electron chi connectivity index (χ0n) is 53.6. The summed E-state index contributed by atoms with van der Waals surface area (Å²) >= 11 is 0. The average molecular weight is 1110 g/mol. The summed E-state index contributed by atoms with van der Waals surface area (Å²) in [5, 5.41) is 23.3. The molecule has 0 saturated carbocycles. The highest BCUT2D eigenvalue weighted by Gasteiger charge is 2.18. The molecule has 0 rings (SSSR count). The van der Waals surface area contributed by atoms with Gasteiger partial charge < -0.3 is 20.3 Å². The smallest absolute Gasteiger partial charge is 0.305 e. The van der Waals surface area contributed by atoms with E-state index in [1.807, 2.05) is 6.08 Å². The lowest BCUT2D eigenvalue weighted by Gasteiger charge is -2.20. The Balaban J connectivity index is 3.44. The Hall–Kier alpha value is -1.66. The van der Waals surface area contributed by atoms with Crippen molar-refractivity contribution in [1.82, 2.24) is 5.32 Å². The van der Waals surface area contributed by atoms with Crippen LogP contribution >= 0.6 is 0 Å². The number of ether oxygens (including phenoxy) is 1. The Morgan fingerprint density at radius 3 is 0.899 bits per heavy atom. The van der Waals surface area contributed by atoms with Crippen LogP contribution in [-0.4, -0.2) is 47.4 Å². The normalized spacial score (nSPS) is 12.6. The Kier molecular flexibility index (Phi) is 67.4. The number of aliphatic hydroxyl groups is 2. The van der Waals surface area contributed by atoms with Crippen LogP contribution in [-0.2, 0) is 14.3 Å². The number of esters is 1. The Morgan fingerprint density at radius 1 is 0.342 bits per heavy atom. The molecule has 0 saturated heterocycles. The number of amides is 1. The van der Waals surface area contributed by atoms with Crippen LogP contribution in [0.4, 0.5) is 0 Å². The molecule has 468 valence electrons. The summed E-state index contributed by atoms with van der Waals surface area (Å²) in [6, 6.07) is -0.636. The third-order valence-electron chi connectivity index (χ3n) is 17.0. The van der Waals surface area contributed by atoms with Crippen LogP contribution in [0.1, 0.15) is 406 Å². The van der Waals surface area contributed by atoms with Gasteiger partial charge in [-0.25, -0.2) is 0 Å². The van der Waals surface area contributed by atoms with E-state index in [9.17, 15) is 19.8 Å². The molecule has 79 heavy (non-hydrogen) atoms. The zero-order valence-corrected chi connectivity index (χ0v) is 53.6. The van der Waals surface area contributed by atoms with Crippen molar-refractivity contribution in [2.24, 2.45) is 0 Å². The van der Waals surface area contributed by atoms with Gasteiger partial charge in [-0.15, -0.1) is 0 Å². The van der Waals surface area contributed by atoms with E-state index in [0.29, 0.717) is 19.4 Å². The molecule has 2 atom stereocenters. The molecular formula is C73H141NO5. The number of rotatable bonds is 68. The summed E-state index contributed by atoms with van der Waals surface area (Å²) in [5.74, 6) is -0.0640. The number of aliphatic hydroxyl groups excluding tert-OH is 2. The van der Waals surface area contributed by atoms with Crippen LogP contribution in [0.15, 0.2) is 24.3 Å². The van der Waals surface area contributed by atoms with Crippen molar-refractivity contribution in [1.29, 1.82) is 0 Å². The third-order valence-corrected chi connectivity index (χ3v) is 17.0. The second-order valence-electron chi connectivity index (χ2n) is 24.9. The van der Waals surface area contributed by atoms with E-state index in [4.69, 9.17) is 4.74 Å². The van der Waals surface area contributed by atoms with Gasteiger partial charge in [0.15, 0.2) is 0 Å². The number of nitrogens with one attached hydrogen (secondary N) is 1. The van der Waals surface area contributed by atoms with Gasteiger partial charge in [-0.2, -0.15) is 0 Å². The molecule has 6 nitrogen and oxygen atoms in total. The van der Waals surface area contributed by atoms with Crippen molar-refractivity contribution >= 4 is 11.9 Å². The molecule has 0 aromatic rings. The topological polar surface area (TPSA) is 95.9 Å². The summed E-state index contributed by atoms with van der Waals surface area (Å²) in [4.78, 5) is 24.7. The van der Waals surface area contributed by atoms with Gasteiger partial charge in [-0.1, -0.05) is 359 Å². The van der Waals surface area contributed by atoms with Crippen LogP contribution < -0.4 is 5.32 Å². The molecule has 0 aromatic carbocycles. The number of unbranched alkanes of at least 4 members (excludes halogenated alkanes) is 55. The van der Waals surface area contributed by atoms with Crippen molar-refractivity contribution in [3.05, 3.63) is 24.3 Å². The van der Waals surface area contributed by atoms with Crippen molar-refractivity contribution in [2.75, 3.05) is 13.2 Å². The van der Waals surface area contributed by atoms with E-state index in [1.165, 1.54) is 334 Å². The first-order chi connectivity index (χ1) is 39.0. The summed E-state index contributed by atoms with van der Waals surface area (Å²) in [7, 11) is 0. The Morgan fingerprint density at radius 2 is 0.595 bits per heavy atom. The largest absolute Gasteiger partial charge is 0.466 e. The molecule has 0 spiro atoms. The molecule has 0 heterocycles. The van der Waals surface area contributed by atoms with Crippen LogP contribution in [0, 0.1) is 0 Å². The molecule has 0 fully saturated rings. The summed E-state index contributed by atoms with van der Waals surface area (Å²) in [6.45, 7) is 4.94. The van der Waals surface area contributed by atoms with Crippen molar-refractivity contribution in [2.45, 2.75) is 418 Å². The maximum Gasteiger partial charge on any atom is 0.305 e. The van der Waals surface area contributed by atoms with E-state index in [1.54, 1.807) is 6.08 Å². The number of carbonyl (C=O) groups excluding carboxylic acids is 2. The van der Waals surface area contributed by atoms with Gasteiger partial charge >= 0.3 is 5.97 Å². The second-order valence-corrected chi connectivity index (χ2v) is 24.9. The predicted octanol–water partition coefficient (Wildman–Crippen LogP) is 23.3. The summed E-state index contributed by atoms with van der Waals surface area (Å²) < 4.78 is 5.51. The van der Waals surface area contributed by atoms with E-state index in [2.05, 4.69) is 31.3 Å². The van der Waals surface area contributed by atoms with E-state index >= 15 is 0 Å². The van der Waals surface area contributed by atoms with Gasteiger partial charge in [-0.3, -0.25) is 9.59 Å². The highest BCUT2D eigenvalue weighted by Crippen LogP contribution is 2.19. The highest BCUT2D eigenvalue weighted by atomic mass is 16.5. The second kappa shape index (κ2) is 68.8. The molecule has 3 N–H and O–H groups in total. The number of carbonyl (C=O) groups is 2. The fourth-order valence-corrected chi connectivity index (χ4v) is 11.5. The van der Waals surface area contributed by atoms with E-state index in [0.717, 1.165) is 44.9 Å². The lowest BCUT2D eigenvalue weighted by molar-refractivity contribution is -0.143. The fraction of sp³-hybridized carbons (Fsp3) is 0.918. The molecular weight excluding hydrogens is 971 g/mol. The van der Waals surface area contributed by atoms with Gasteiger partial charge in [0, 0.05) is 12.8 Å². The predicted molar refractivity (Wildman–Crippen MR) is 347 cm³/mol. The maximum absolute atomic E-state index is 12.5. The molecule has 0 aromatic heterocycles. The third kappa shape index (κ3) is 65.4. The standard InChI is InChI=1S/C73H141NO5/c1-3-5-7-9-11-13-15-17-19-21-23-24-25-26-27-30-33-37-41-45-49-53-57-61-65-71(76)70(69-75)74-72(77)66-62-58-54-50-46-42-38-34-31-28-32-36-40-44-48-52-56-60-64-68-79-73(78)67-63-59-55-51-47-43-39-35-29-22-20-18-16-14-12-10-8-6-4-2/h28,31,61,65,70-71,75-76H,3-27,29-30,32-60,62-64,66-69H2,1-2H3,(H,74,77)/b31-28-,65-61+. The van der Waals surface area contributed by atoms with Gasteiger partial charge in [0.1, 0.15) is 0 Å². The van der Waals surface area contributed by atoms with Crippen molar-refractivity contribution in [3.8, 4) is 0 Å². The van der Waals surface area contributed by atoms with Gasteiger partial charge in [-0.05, 0) is 57.8 Å². The summed E-state index contributed by atoms with van der Waals surface area (Å²) in [6.07, 6.45) is 86.8. The minimum absolute atomic E-state index is 0.00906. The number of allylic oxidation sites excluding steroid dienone is 3. The van der Waals surface area contributed by atoms with E-state index in [-0.39, 0.29) is 18.5 Å². The Bertz CT molecular complexity index is 1230.